The summed E-state index contributed by atoms with van der Waals surface area (Å²) in [6.07, 6.45) is 0.437. The number of benzene rings is 1. The molecule has 0 unspecified atom stereocenters. The molecule has 1 aromatic carbocycles. The molecule has 0 fully saturated rings. The van der Waals surface area contributed by atoms with E-state index in [9.17, 15) is 18.4 Å². The van der Waals surface area contributed by atoms with Gasteiger partial charge in [0.1, 0.15) is 11.3 Å². The highest BCUT2D eigenvalue weighted by Crippen LogP contribution is 2.35. The second kappa shape index (κ2) is 8.47. The number of nitrogens with zero attached hydrogens (tertiary/aromatic N) is 1. The van der Waals surface area contributed by atoms with Gasteiger partial charge < -0.3 is 24.1 Å². The molecule has 0 spiro atoms. The summed E-state index contributed by atoms with van der Waals surface area (Å²) >= 11 is 0. The lowest BCUT2D eigenvalue weighted by molar-refractivity contribution is -0.0511. The van der Waals surface area contributed by atoms with Crippen LogP contribution in [0.3, 0.4) is 0 Å². The Labute approximate surface area is 153 Å². The molecule has 27 heavy (non-hydrogen) atoms. The van der Waals surface area contributed by atoms with Crippen molar-refractivity contribution in [3.63, 3.8) is 0 Å². The Morgan fingerprint density at radius 1 is 1.26 bits per heavy atom. The number of aryl methyl sites for hydroxylation is 2. The lowest BCUT2D eigenvalue weighted by Crippen LogP contribution is -2.18. The third-order valence-corrected chi connectivity index (χ3v) is 3.67. The van der Waals surface area contributed by atoms with Gasteiger partial charge in [0.15, 0.2) is 11.5 Å². The monoisotopic (exact) mass is 384 g/mol. The summed E-state index contributed by atoms with van der Waals surface area (Å²) in [5.41, 5.74) is 0.421. The fraction of sp³-hybridized carbons (Fsp3) is 0.353. The van der Waals surface area contributed by atoms with Crippen LogP contribution in [0.2, 0.25) is 0 Å². The molecule has 0 bridgehead atoms. The molecule has 2 rings (SSSR count). The Bertz CT molecular complexity index is 850. The largest absolute Gasteiger partial charge is 0.493 e. The summed E-state index contributed by atoms with van der Waals surface area (Å²) in [6.45, 7) is 0.218. The molecule has 0 atom stereocenters. The van der Waals surface area contributed by atoms with Gasteiger partial charge in [-0.15, -0.1) is 0 Å². The first-order valence-corrected chi connectivity index (χ1v) is 7.83. The number of hydrogen-bond donors (Lipinski definition) is 1. The maximum atomic E-state index is 12.7. The summed E-state index contributed by atoms with van der Waals surface area (Å²) in [5.74, 6) is -1.62. The molecule has 1 N–H and O–H groups in total. The van der Waals surface area contributed by atoms with Crippen molar-refractivity contribution in [1.82, 2.24) is 5.16 Å². The third-order valence-electron chi connectivity index (χ3n) is 3.67. The standard InChI is InChI=1S/C17H18F2N2O6/c1-5-10-14(8(2)27-21-10)15(22)20-11-7-13(26-17(18)19)12(24-3)6-9(11)16(23)25-4/h6-7,17H,5H2,1-4H3,(H,20,22). The zero-order valence-corrected chi connectivity index (χ0v) is 15.1. The third kappa shape index (κ3) is 4.33. The normalized spacial score (nSPS) is 10.6. The summed E-state index contributed by atoms with van der Waals surface area (Å²) < 4.78 is 44.4. The van der Waals surface area contributed by atoms with Crippen molar-refractivity contribution in [2.45, 2.75) is 26.9 Å². The smallest absolute Gasteiger partial charge is 0.387 e. The molecule has 0 saturated heterocycles. The van der Waals surface area contributed by atoms with Crippen molar-refractivity contribution < 1.29 is 37.1 Å². The van der Waals surface area contributed by atoms with Crippen LogP contribution in [0.15, 0.2) is 16.7 Å². The van der Waals surface area contributed by atoms with Crippen LogP contribution < -0.4 is 14.8 Å². The minimum absolute atomic E-state index is 0.0917. The number of esters is 1. The molecule has 146 valence electrons. The van der Waals surface area contributed by atoms with Crippen LogP contribution in [-0.4, -0.2) is 37.9 Å². The molecule has 0 radical (unpaired) electrons. The van der Waals surface area contributed by atoms with Crippen LogP contribution in [0.4, 0.5) is 14.5 Å². The predicted octanol–water partition coefficient (Wildman–Crippen LogP) is 3.19. The van der Waals surface area contributed by atoms with Gasteiger partial charge in [-0.2, -0.15) is 8.78 Å². The first kappa shape index (κ1) is 20.1. The Kier molecular flexibility index (Phi) is 6.32. The molecular weight excluding hydrogens is 366 g/mol. The van der Waals surface area contributed by atoms with Crippen molar-refractivity contribution in [3.8, 4) is 11.5 Å². The van der Waals surface area contributed by atoms with E-state index in [0.717, 1.165) is 19.2 Å². The predicted molar refractivity (Wildman–Crippen MR) is 89.5 cm³/mol. The van der Waals surface area contributed by atoms with E-state index < -0.39 is 18.5 Å². The Hall–Kier alpha value is -3.17. The number of methoxy groups -OCH3 is 2. The summed E-state index contributed by atoms with van der Waals surface area (Å²) in [5, 5.41) is 6.27. The van der Waals surface area contributed by atoms with Gasteiger partial charge in [0, 0.05) is 12.1 Å². The first-order valence-electron chi connectivity index (χ1n) is 7.83. The van der Waals surface area contributed by atoms with Crippen LogP contribution in [0.25, 0.3) is 0 Å². The van der Waals surface area contributed by atoms with E-state index in [1.807, 2.05) is 0 Å². The van der Waals surface area contributed by atoms with Crippen molar-refractivity contribution >= 4 is 17.6 Å². The molecule has 1 aromatic heterocycles. The van der Waals surface area contributed by atoms with Crippen molar-refractivity contribution in [2.24, 2.45) is 0 Å². The minimum Gasteiger partial charge on any atom is -0.493 e. The molecule has 0 saturated carbocycles. The number of ether oxygens (including phenoxy) is 3. The highest BCUT2D eigenvalue weighted by atomic mass is 19.3. The number of halogens is 2. The second-order valence-electron chi connectivity index (χ2n) is 5.29. The maximum absolute atomic E-state index is 12.7. The van der Waals surface area contributed by atoms with Crippen molar-refractivity contribution in [2.75, 3.05) is 19.5 Å². The van der Waals surface area contributed by atoms with Crippen LogP contribution in [0.5, 0.6) is 11.5 Å². The summed E-state index contributed by atoms with van der Waals surface area (Å²) in [4.78, 5) is 24.7. The Morgan fingerprint density at radius 3 is 2.52 bits per heavy atom. The second-order valence-corrected chi connectivity index (χ2v) is 5.29. The van der Waals surface area contributed by atoms with E-state index in [-0.39, 0.29) is 34.1 Å². The number of rotatable bonds is 7. The number of carbonyl (C=O) groups excluding carboxylic acids is 2. The van der Waals surface area contributed by atoms with Gasteiger partial charge >= 0.3 is 12.6 Å². The fourth-order valence-corrected chi connectivity index (χ4v) is 2.42. The minimum atomic E-state index is -3.13. The van der Waals surface area contributed by atoms with Gasteiger partial charge in [-0.25, -0.2) is 4.79 Å². The van der Waals surface area contributed by atoms with Gasteiger partial charge in [-0.3, -0.25) is 4.79 Å². The topological polar surface area (TPSA) is 99.9 Å². The SMILES string of the molecule is CCc1noc(C)c1C(=O)Nc1cc(OC(F)F)c(OC)cc1C(=O)OC. The van der Waals surface area contributed by atoms with Crippen molar-refractivity contribution in [1.29, 1.82) is 0 Å². The molecule has 0 aliphatic heterocycles. The Balaban J connectivity index is 2.50. The number of nitrogens with one attached hydrogen (secondary N) is 1. The van der Waals surface area contributed by atoms with E-state index >= 15 is 0 Å². The molecule has 1 amide bonds. The molecular formula is C17H18F2N2O6. The molecule has 0 aliphatic carbocycles. The molecule has 2 aromatic rings. The van der Waals surface area contributed by atoms with E-state index in [1.54, 1.807) is 13.8 Å². The zero-order valence-electron chi connectivity index (χ0n) is 15.1. The van der Waals surface area contributed by atoms with Crippen LogP contribution >= 0.6 is 0 Å². The highest BCUT2D eigenvalue weighted by Gasteiger charge is 2.24. The number of anilines is 1. The van der Waals surface area contributed by atoms with Gasteiger partial charge in [-0.1, -0.05) is 12.1 Å². The number of carbonyl (C=O) groups is 2. The van der Waals surface area contributed by atoms with E-state index in [0.29, 0.717) is 12.1 Å². The van der Waals surface area contributed by atoms with Gasteiger partial charge in [0.05, 0.1) is 31.2 Å². The van der Waals surface area contributed by atoms with Crippen LogP contribution in [0, 0.1) is 6.92 Å². The first-order chi connectivity index (χ1) is 12.8. The fourth-order valence-electron chi connectivity index (χ4n) is 2.42. The van der Waals surface area contributed by atoms with Gasteiger partial charge in [0.2, 0.25) is 0 Å². The number of hydrogen-bond acceptors (Lipinski definition) is 7. The zero-order chi connectivity index (χ0) is 20.1. The molecule has 1 heterocycles. The summed E-state index contributed by atoms with van der Waals surface area (Å²) in [7, 11) is 2.37. The Morgan fingerprint density at radius 2 is 1.96 bits per heavy atom. The average Bonchev–Trinajstić information content (AvgIpc) is 3.01. The number of aromatic nitrogens is 1. The lowest BCUT2D eigenvalue weighted by Gasteiger charge is -2.15. The molecule has 8 nitrogen and oxygen atoms in total. The lowest BCUT2D eigenvalue weighted by atomic mass is 10.1. The van der Waals surface area contributed by atoms with E-state index in [4.69, 9.17) is 9.26 Å². The highest BCUT2D eigenvalue weighted by molar-refractivity contribution is 6.09. The van der Waals surface area contributed by atoms with Crippen molar-refractivity contribution in [3.05, 3.63) is 34.7 Å². The quantitative estimate of drug-likeness (QED) is 0.732. The van der Waals surface area contributed by atoms with Gasteiger partial charge in [0.25, 0.3) is 5.91 Å². The van der Waals surface area contributed by atoms with Gasteiger partial charge in [-0.05, 0) is 13.3 Å². The van der Waals surface area contributed by atoms with E-state index in [1.165, 1.54) is 7.11 Å². The molecule has 10 heteroatoms. The molecule has 0 aliphatic rings. The average molecular weight is 384 g/mol. The summed E-state index contributed by atoms with van der Waals surface area (Å²) in [6, 6.07) is 2.20. The van der Waals surface area contributed by atoms with Crippen LogP contribution in [-0.2, 0) is 11.2 Å². The number of alkyl halides is 2. The maximum Gasteiger partial charge on any atom is 0.387 e. The van der Waals surface area contributed by atoms with Crippen LogP contribution in [0.1, 0.15) is 39.1 Å². The number of amides is 1. The van der Waals surface area contributed by atoms with E-state index in [2.05, 4.69) is 19.9 Å².